The van der Waals surface area contributed by atoms with Crippen LogP contribution in [0.1, 0.15) is 39.0 Å². The Morgan fingerprint density at radius 1 is 1.09 bits per heavy atom. The molecule has 0 radical (unpaired) electrons. The molecule has 0 saturated heterocycles. The summed E-state index contributed by atoms with van der Waals surface area (Å²) in [6, 6.07) is 11.0. The number of anilines is 1. The number of aliphatic hydroxyl groups is 1. The first-order valence-corrected chi connectivity index (χ1v) is 11.9. The average Bonchev–Trinajstić information content (AvgIpc) is 3.46. The Morgan fingerprint density at radius 2 is 1.85 bits per heavy atom. The number of nitrogens with zero attached hydrogens (tertiary/aromatic N) is 2. The second-order valence-corrected chi connectivity index (χ2v) is 10.0. The first kappa shape index (κ1) is 22.7. The molecule has 34 heavy (non-hydrogen) atoms. The quantitative estimate of drug-likeness (QED) is 0.300. The number of hydrogen-bond acceptors (Lipinski definition) is 6. The summed E-state index contributed by atoms with van der Waals surface area (Å²) in [6.07, 6.45) is 0. The van der Waals surface area contributed by atoms with Crippen LogP contribution >= 0.6 is 34.5 Å². The summed E-state index contributed by atoms with van der Waals surface area (Å²) in [7, 11) is 0. The Hall–Kier alpha value is -3.13. The minimum Gasteiger partial charge on any atom is -0.503 e. The number of furan rings is 1. The van der Waals surface area contributed by atoms with Crippen LogP contribution in [0.4, 0.5) is 5.13 Å². The van der Waals surface area contributed by atoms with E-state index in [1.807, 2.05) is 26.0 Å². The second kappa shape index (κ2) is 8.27. The number of benzene rings is 2. The maximum absolute atomic E-state index is 13.4. The molecule has 2 aromatic heterocycles. The summed E-state index contributed by atoms with van der Waals surface area (Å²) in [6.45, 7) is 5.64. The van der Waals surface area contributed by atoms with Gasteiger partial charge in [-0.3, -0.25) is 14.5 Å². The predicted octanol–water partition coefficient (Wildman–Crippen LogP) is 6.90. The number of rotatable bonds is 4. The second-order valence-electron chi connectivity index (χ2n) is 8.18. The van der Waals surface area contributed by atoms with Crippen LogP contribution in [0.2, 0.25) is 10.0 Å². The molecule has 0 saturated carbocycles. The van der Waals surface area contributed by atoms with Crippen LogP contribution in [0, 0.1) is 20.8 Å². The van der Waals surface area contributed by atoms with Gasteiger partial charge in [-0.1, -0.05) is 46.7 Å². The van der Waals surface area contributed by atoms with E-state index in [1.165, 1.54) is 22.3 Å². The zero-order valence-electron chi connectivity index (χ0n) is 18.3. The first-order chi connectivity index (χ1) is 16.2. The molecule has 0 fully saturated rings. The van der Waals surface area contributed by atoms with Gasteiger partial charge in [0, 0.05) is 0 Å². The molecule has 1 N–H and O–H groups in total. The standard InChI is InChI=1S/C25H18Cl2N2O4S/c1-11-8-12(2)20-18(9-11)34-25(28-20)29-21(14-5-6-15(26)16(27)10-14)19(23(31)24(29)32)22(30)17-7-4-13(3)33-17/h4-10,21,31H,1-3H3. The highest BCUT2D eigenvalue weighted by molar-refractivity contribution is 7.22. The van der Waals surface area contributed by atoms with Crippen molar-refractivity contribution in [2.45, 2.75) is 26.8 Å². The number of Topliss-reactive ketones (excluding diaryl/α,β-unsaturated/α-hetero) is 1. The van der Waals surface area contributed by atoms with Crippen molar-refractivity contribution < 1.29 is 19.1 Å². The number of aryl methyl sites for hydroxylation is 3. The number of ketones is 1. The van der Waals surface area contributed by atoms with E-state index in [2.05, 4.69) is 0 Å². The van der Waals surface area contributed by atoms with Crippen molar-refractivity contribution in [3.63, 3.8) is 0 Å². The van der Waals surface area contributed by atoms with E-state index in [1.54, 1.807) is 31.2 Å². The Balaban J connectivity index is 1.71. The predicted molar refractivity (Wildman–Crippen MR) is 133 cm³/mol. The Morgan fingerprint density at radius 3 is 2.53 bits per heavy atom. The highest BCUT2D eigenvalue weighted by Crippen LogP contribution is 2.45. The molecular weight excluding hydrogens is 495 g/mol. The number of hydrogen-bond donors (Lipinski definition) is 1. The van der Waals surface area contributed by atoms with Gasteiger partial charge in [0.25, 0.3) is 5.91 Å². The molecule has 0 aliphatic carbocycles. The lowest BCUT2D eigenvalue weighted by Crippen LogP contribution is -2.31. The van der Waals surface area contributed by atoms with Gasteiger partial charge in [0.2, 0.25) is 5.78 Å². The van der Waals surface area contributed by atoms with Crippen molar-refractivity contribution in [3.8, 4) is 0 Å². The molecule has 1 aliphatic rings. The van der Waals surface area contributed by atoms with E-state index in [0.29, 0.717) is 21.5 Å². The van der Waals surface area contributed by atoms with E-state index in [4.69, 9.17) is 32.6 Å². The van der Waals surface area contributed by atoms with Crippen molar-refractivity contribution in [1.82, 2.24) is 4.98 Å². The molecule has 1 atom stereocenters. The van der Waals surface area contributed by atoms with Gasteiger partial charge in [-0.2, -0.15) is 0 Å². The topological polar surface area (TPSA) is 83.6 Å². The molecule has 172 valence electrons. The molecule has 2 aromatic carbocycles. The monoisotopic (exact) mass is 512 g/mol. The fourth-order valence-corrected chi connectivity index (χ4v) is 5.66. The largest absolute Gasteiger partial charge is 0.503 e. The Bertz CT molecular complexity index is 1540. The number of thiazole rings is 1. The minimum atomic E-state index is -0.970. The molecular formula is C25H18Cl2N2O4S. The van der Waals surface area contributed by atoms with Crippen LogP contribution in [0.3, 0.4) is 0 Å². The van der Waals surface area contributed by atoms with Crippen LogP contribution in [0.25, 0.3) is 10.2 Å². The fourth-order valence-electron chi connectivity index (χ4n) is 4.18. The third-order valence-electron chi connectivity index (χ3n) is 5.70. The number of carbonyl (C=O) groups excluding carboxylic acids is 2. The zero-order valence-corrected chi connectivity index (χ0v) is 20.7. The van der Waals surface area contributed by atoms with E-state index in [0.717, 1.165) is 21.3 Å². The maximum atomic E-state index is 13.4. The number of fused-ring (bicyclic) bond motifs is 1. The summed E-state index contributed by atoms with van der Waals surface area (Å²) in [5, 5.41) is 11.8. The van der Waals surface area contributed by atoms with Crippen molar-refractivity contribution in [1.29, 1.82) is 0 Å². The van der Waals surface area contributed by atoms with E-state index < -0.39 is 23.5 Å². The number of aliphatic hydroxyl groups excluding tert-OH is 1. The average molecular weight is 513 g/mol. The third kappa shape index (κ3) is 3.60. The maximum Gasteiger partial charge on any atom is 0.296 e. The highest BCUT2D eigenvalue weighted by atomic mass is 35.5. The molecule has 0 bridgehead atoms. The minimum absolute atomic E-state index is 0.0227. The van der Waals surface area contributed by atoms with Gasteiger partial charge in [0.1, 0.15) is 5.76 Å². The van der Waals surface area contributed by atoms with Gasteiger partial charge in [-0.15, -0.1) is 0 Å². The van der Waals surface area contributed by atoms with Gasteiger partial charge >= 0.3 is 0 Å². The van der Waals surface area contributed by atoms with Crippen LogP contribution in [0.5, 0.6) is 0 Å². The summed E-state index contributed by atoms with van der Waals surface area (Å²) < 4.78 is 6.40. The fraction of sp³-hybridized carbons (Fsp3) is 0.160. The summed E-state index contributed by atoms with van der Waals surface area (Å²) in [4.78, 5) is 32.8. The summed E-state index contributed by atoms with van der Waals surface area (Å²) >= 11 is 13.7. The van der Waals surface area contributed by atoms with Crippen LogP contribution < -0.4 is 4.90 Å². The number of aromatic nitrogens is 1. The number of halogens is 2. The Kier molecular flexibility index (Phi) is 5.51. The van der Waals surface area contributed by atoms with E-state index >= 15 is 0 Å². The summed E-state index contributed by atoms with van der Waals surface area (Å²) in [5.41, 5.74) is 3.19. The molecule has 1 amide bonds. The molecule has 5 rings (SSSR count). The van der Waals surface area contributed by atoms with Crippen molar-refractivity contribution >= 4 is 61.6 Å². The molecule has 0 spiro atoms. The first-order valence-electron chi connectivity index (χ1n) is 10.4. The number of amides is 1. The van der Waals surface area contributed by atoms with Crippen LogP contribution in [0.15, 0.2) is 58.2 Å². The van der Waals surface area contributed by atoms with Crippen LogP contribution in [-0.4, -0.2) is 21.8 Å². The van der Waals surface area contributed by atoms with Gasteiger partial charge in [-0.05, 0) is 67.8 Å². The van der Waals surface area contributed by atoms with Crippen molar-refractivity contribution in [3.05, 3.63) is 92.1 Å². The van der Waals surface area contributed by atoms with Gasteiger partial charge < -0.3 is 9.52 Å². The number of carbonyl (C=O) groups is 2. The lowest BCUT2D eigenvalue weighted by atomic mass is 9.95. The molecule has 6 nitrogen and oxygen atoms in total. The summed E-state index contributed by atoms with van der Waals surface area (Å²) in [5.74, 6) is -1.41. The van der Waals surface area contributed by atoms with Crippen molar-refractivity contribution in [2.75, 3.05) is 4.90 Å². The van der Waals surface area contributed by atoms with Gasteiger partial charge in [0.05, 0.1) is 31.9 Å². The molecule has 3 heterocycles. The third-order valence-corrected chi connectivity index (χ3v) is 7.44. The molecule has 4 aromatic rings. The van der Waals surface area contributed by atoms with E-state index in [-0.39, 0.29) is 16.4 Å². The normalized spacial score (nSPS) is 16.2. The van der Waals surface area contributed by atoms with Gasteiger partial charge in [-0.25, -0.2) is 4.98 Å². The smallest absolute Gasteiger partial charge is 0.296 e. The molecule has 1 aliphatic heterocycles. The Labute approximate surface area is 209 Å². The lowest BCUT2D eigenvalue weighted by molar-refractivity contribution is -0.117. The van der Waals surface area contributed by atoms with E-state index in [9.17, 15) is 14.7 Å². The molecule has 1 unspecified atom stereocenters. The lowest BCUT2D eigenvalue weighted by Gasteiger charge is -2.24. The zero-order chi connectivity index (χ0) is 24.3. The highest BCUT2D eigenvalue weighted by Gasteiger charge is 2.46. The molecule has 9 heteroatoms. The van der Waals surface area contributed by atoms with Gasteiger partial charge in [0.15, 0.2) is 16.7 Å². The SMILES string of the molecule is Cc1cc(C)c2nc(N3C(=O)C(O)=C(C(=O)c4ccc(C)o4)C3c3ccc(Cl)c(Cl)c3)sc2c1. The van der Waals surface area contributed by atoms with Crippen LogP contribution in [-0.2, 0) is 4.79 Å². The van der Waals surface area contributed by atoms with Crippen molar-refractivity contribution in [2.24, 2.45) is 0 Å².